The summed E-state index contributed by atoms with van der Waals surface area (Å²) < 4.78 is 0. The Morgan fingerprint density at radius 1 is 1.19 bits per heavy atom. The van der Waals surface area contributed by atoms with Gasteiger partial charge in [0, 0.05) is 18.4 Å². The first-order valence-corrected chi connectivity index (χ1v) is 7.31. The molecule has 0 aliphatic rings. The van der Waals surface area contributed by atoms with Crippen molar-refractivity contribution in [1.29, 1.82) is 0 Å². The number of nitrogens with one attached hydrogen (secondary N) is 1. The van der Waals surface area contributed by atoms with Crippen LogP contribution < -0.4 is 11.1 Å². The number of aromatic nitrogens is 1. The molecule has 2 aromatic rings. The molecule has 0 unspecified atom stereocenters. The Kier molecular flexibility index (Phi) is 5.58. The standard InChI is InChI=1S/C16H19ClN4/c1-2-12-3-6-14(7-4-12)21-16(18)19-10-9-13-5-8-15(17)20-11-13/h3-8,11H,2,9-10H2,1H3,(H3,18,19,21). The molecule has 1 aromatic carbocycles. The maximum atomic E-state index is 5.87. The number of nitrogens with two attached hydrogens (primary N) is 1. The lowest BCUT2D eigenvalue weighted by atomic mass is 10.1. The molecule has 3 N–H and O–H groups in total. The second kappa shape index (κ2) is 7.64. The molecule has 0 aliphatic heterocycles. The first-order chi connectivity index (χ1) is 10.2. The molecule has 0 saturated carbocycles. The van der Waals surface area contributed by atoms with Crippen LogP contribution in [0.3, 0.4) is 0 Å². The Bertz CT molecular complexity index is 591. The molecule has 4 nitrogen and oxygen atoms in total. The van der Waals surface area contributed by atoms with Crippen LogP contribution >= 0.6 is 11.6 Å². The molecule has 5 heteroatoms. The summed E-state index contributed by atoms with van der Waals surface area (Å²) in [6.07, 6.45) is 3.56. The Hall–Kier alpha value is -2.07. The molecule has 21 heavy (non-hydrogen) atoms. The summed E-state index contributed by atoms with van der Waals surface area (Å²) >= 11 is 5.74. The van der Waals surface area contributed by atoms with E-state index in [-0.39, 0.29) is 0 Å². The van der Waals surface area contributed by atoms with E-state index >= 15 is 0 Å². The Morgan fingerprint density at radius 3 is 2.52 bits per heavy atom. The zero-order chi connectivity index (χ0) is 15.1. The van der Waals surface area contributed by atoms with Crippen LogP contribution in [0.2, 0.25) is 5.15 Å². The molecular weight excluding hydrogens is 284 g/mol. The van der Waals surface area contributed by atoms with Crippen molar-refractivity contribution in [2.45, 2.75) is 19.8 Å². The first-order valence-electron chi connectivity index (χ1n) is 6.93. The van der Waals surface area contributed by atoms with E-state index in [4.69, 9.17) is 17.3 Å². The summed E-state index contributed by atoms with van der Waals surface area (Å²) in [6.45, 7) is 2.74. The third kappa shape index (κ3) is 5.08. The van der Waals surface area contributed by atoms with E-state index < -0.39 is 0 Å². The van der Waals surface area contributed by atoms with Gasteiger partial charge >= 0.3 is 0 Å². The van der Waals surface area contributed by atoms with Crippen molar-refractivity contribution >= 4 is 23.2 Å². The van der Waals surface area contributed by atoms with Gasteiger partial charge in [0.15, 0.2) is 5.96 Å². The highest BCUT2D eigenvalue weighted by molar-refractivity contribution is 6.29. The Labute approximate surface area is 130 Å². The Balaban J connectivity index is 1.84. The van der Waals surface area contributed by atoms with E-state index in [9.17, 15) is 0 Å². The summed E-state index contributed by atoms with van der Waals surface area (Å²) in [5.41, 5.74) is 9.20. The van der Waals surface area contributed by atoms with Crippen LogP contribution in [0, 0.1) is 0 Å². The number of halogens is 1. The molecule has 1 heterocycles. The SMILES string of the molecule is CCc1ccc(NC(N)=NCCc2ccc(Cl)nc2)cc1. The molecule has 2 rings (SSSR count). The number of guanidine groups is 1. The summed E-state index contributed by atoms with van der Waals surface area (Å²) in [5, 5.41) is 3.58. The van der Waals surface area contributed by atoms with Crippen molar-refractivity contribution in [3.8, 4) is 0 Å². The van der Waals surface area contributed by atoms with Crippen LogP contribution in [0.4, 0.5) is 5.69 Å². The third-order valence-corrected chi connectivity index (χ3v) is 3.33. The van der Waals surface area contributed by atoms with E-state index in [0.717, 1.165) is 24.1 Å². The maximum absolute atomic E-state index is 5.87. The number of anilines is 1. The van der Waals surface area contributed by atoms with Crippen molar-refractivity contribution in [3.63, 3.8) is 0 Å². The minimum absolute atomic E-state index is 0.418. The smallest absolute Gasteiger partial charge is 0.193 e. The largest absolute Gasteiger partial charge is 0.370 e. The lowest BCUT2D eigenvalue weighted by Gasteiger charge is -2.06. The van der Waals surface area contributed by atoms with Crippen LogP contribution in [0.25, 0.3) is 0 Å². The number of nitrogens with zero attached hydrogens (tertiary/aromatic N) is 2. The van der Waals surface area contributed by atoms with Crippen LogP contribution in [0.15, 0.2) is 47.6 Å². The van der Waals surface area contributed by atoms with Gasteiger partial charge < -0.3 is 11.1 Å². The fourth-order valence-electron chi connectivity index (χ4n) is 1.87. The van der Waals surface area contributed by atoms with Gasteiger partial charge in [-0.3, -0.25) is 4.99 Å². The molecule has 0 saturated heterocycles. The highest BCUT2D eigenvalue weighted by atomic mass is 35.5. The molecule has 0 fully saturated rings. The van der Waals surface area contributed by atoms with Gasteiger partial charge in [-0.1, -0.05) is 36.7 Å². The zero-order valence-corrected chi connectivity index (χ0v) is 12.8. The second-order valence-corrected chi connectivity index (χ2v) is 5.07. The average Bonchev–Trinajstić information content (AvgIpc) is 2.50. The van der Waals surface area contributed by atoms with Crippen molar-refractivity contribution in [1.82, 2.24) is 4.98 Å². The number of rotatable bonds is 5. The number of hydrogen-bond acceptors (Lipinski definition) is 2. The summed E-state index contributed by atoms with van der Waals surface area (Å²) in [4.78, 5) is 8.33. The highest BCUT2D eigenvalue weighted by Crippen LogP contribution is 2.09. The number of benzene rings is 1. The normalized spacial score (nSPS) is 11.4. The lowest BCUT2D eigenvalue weighted by molar-refractivity contribution is 0.955. The number of pyridine rings is 1. The van der Waals surface area contributed by atoms with E-state index in [0.29, 0.717) is 17.7 Å². The molecule has 0 spiro atoms. The predicted molar refractivity (Wildman–Crippen MR) is 88.9 cm³/mol. The van der Waals surface area contributed by atoms with Crippen molar-refractivity contribution in [3.05, 3.63) is 58.9 Å². The van der Waals surface area contributed by atoms with E-state index in [1.165, 1.54) is 5.56 Å². The molecule has 0 aliphatic carbocycles. The van der Waals surface area contributed by atoms with E-state index in [2.05, 4.69) is 34.3 Å². The molecule has 0 amide bonds. The van der Waals surface area contributed by atoms with E-state index in [1.54, 1.807) is 12.3 Å². The first kappa shape index (κ1) is 15.3. The molecule has 0 atom stereocenters. The third-order valence-electron chi connectivity index (χ3n) is 3.11. The second-order valence-electron chi connectivity index (χ2n) is 4.68. The fraction of sp³-hybridized carbons (Fsp3) is 0.250. The Morgan fingerprint density at radius 2 is 1.90 bits per heavy atom. The highest BCUT2D eigenvalue weighted by Gasteiger charge is 1.97. The van der Waals surface area contributed by atoms with Crippen LogP contribution in [-0.4, -0.2) is 17.5 Å². The van der Waals surface area contributed by atoms with Gasteiger partial charge in [0.05, 0.1) is 0 Å². The van der Waals surface area contributed by atoms with Crippen molar-refractivity contribution in [2.75, 3.05) is 11.9 Å². The fourth-order valence-corrected chi connectivity index (χ4v) is 1.98. The van der Waals surface area contributed by atoms with Crippen LogP contribution in [-0.2, 0) is 12.8 Å². The van der Waals surface area contributed by atoms with Gasteiger partial charge in [-0.05, 0) is 42.2 Å². The zero-order valence-electron chi connectivity index (χ0n) is 12.0. The van der Waals surface area contributed by atoms with Crippen LogP contribution in [0.5, 0.6) is 0 Å². The number of hydrogen-bond donors (Lipinski definition) is 2. The summed E-state index contributed by atoms with van der Waals surface area (Å²) in [7, 11) is 0. The van der Waals surface area contributed by atoms with Gasteiger partial charge in [-0.2, -0.15) is 0 Å². The molecule has 110 valence electrons. The summed E-state index contributed by atoms with van der Waals surface area (Å²) in [6, 6.07) is 11.9. The average molecular weight is 303 g/mol. The van der Waals surface area contributed by atoms with Gasteiger partial charge in [-0.25, -0.2) is 4.98 Å². The lowest BCUT2D eigenvalue weighted by Crippen LogP contribution is -2.23. The molecule has 0 radical (unpaired) electrons. The predicted octanol–water partition coefficient (Wildman–Crippen LogP) is 3.27. The van der Waals surface area contributed by atoms with Crippen molar-refractivity contribution in [2.24, 2.45) is 10.7 Å². The quantitative estimate of drug-likeness (QED) is 0.506. The monoisotopic (exact) mass is 302 g/mol. The molecular formula is C16H19ClN4. The van der Waals surface area contributed by atoms with Gasteiger partial charge in [0.2, 0.25) is 0 Å². The minimum atomic E-state index is 0.418. The summed E-state index contributed by atoms with van der Waals surface area (Å²) in [5.74, 6) is 0.418. The van der Waals surface area contributed by atoms with Crippen LogP contribution in [0.1, 0.15) is 18.1 Å². The molecule has 1 aromatic heterocycles. The van der Waals surface area contributed by atoms with E-state index in [1.807, 2.05) is 18.2 Å². The number of aryl methyl sites for hydroxylation is 1. The number of aliphatic imine (C=N–C) groups is 1. The topological polar surface area (TPSA) is 63.3 Å². The van der Waals surface area contributed by atoms with Gasteiger partial charge in [0.25, 0.3) is 0 Å². The maximum Gasteiger partial charge on any atom is 0.193 e. The van der Waals surface area contributed by atoms with Gasteiger partial charge in [0.1, 0.15) is 5.15 Å². The van der Waals surface area contributed by atoms with Crippen molar-refractivity contribution < 1.29 is 0 Å². The van der Waals surface area contributed by atoms with Gasteiger partial charge in [-0.15, -0.1) is 0 Å². The molecule has 0 bridgehead atoms. The minimum Gasteiger partial charge on any atom is -0.370 e.